The molecule has 0 radical (unpaired) electrons. The minimum absolute atomic E-state index is 0.0133. The molecule has 2 aromatic rings. The second kappa shape index (κ2) is 9.69. The number of hydrogen-bond acceptors (Lipinski definition) is 5. The van der Waals surface area contributed by atoms with Crippen molar-refractivity contribution in [2.45, 2.75) is 50.6 Å². The van der Waals surface area contributed by atoms with E-state index in [0.29, 0.717) is 30.6 Å². The van der Waals surface area contributed by atoms with Crippen LogP contribution in [0.25, 0.3) is 11.1 Å². The number of amides is 4. The van der Waals surface area contributed by atoms with Gasteiger partial charge in [0.05, 0.1) is 12.0 Å². The second-order valence-electron chi connectivity index (χ2n) is 8.35. The van der Waals surface area contributed by atoms with Crippen molar-refractivity contribution in [2.24, 2.45) is 0 Å². The van der Waals surface area contributed by atoms with E-state index in [0.717, 1.165) is 40.9 Å². The van der Waals surface area contributed by atoms with Crippen LogP contribution in [0, 0.1) is 11.3 Å². The largest absolute Gasteiger partial charge is 0.465 e. The van der Waals surface area contributed by atoms with Crippen molar-refractivity contribution in [2.75, 3.05) is 6.54 Å². The topological polar surface area (TPSA) is 135 Å². The van der Waals surface area contributed by atoms with Gasteiger partial charge in [0.1, 0.15) is 5.69 Å². The van der Waals surface area contributed by atoms with E-state index in [1.54, 1.807) is 6.20 Å². The van der Waals surface area contributed by atoms with Gasteiger partial charge in [-0.05, 0) is 30.0 Å². The summed E-state index contributed by atoms with van der Waals surface area (Å²) in [7, 11) is 0. The average Bonchev–Trinajstić information content (AvgIpc) is 3.20. The molecule has 1 saturated carbocycles. The zero-order valence-corrected chi connectivity index (χ0v) is 18.1. The number of nitrogens with zero attached hydrogens (tertiary/aromatic N) is 3. The molecule has 1 aliphatic carbocycles. The van der Waals surface area contributed by atoms with E-state index in [1.165, 1.54) is 0 Å². The molecule has 0 saturated heterocycles. The average molecular weight is 447 g/mol. The first kappa shape index (κ1) is 22.3. The van der Waals surface area contributed by atoms with Gasteiger partial charge in [-0.3, -0.25) is 9.78 Å². The normalized spacial score (nSPS) is 16.3. The van der Waals surface area contributed by atoms with Gasteiger partial charge in [0, 0.05) is 36.5 Å². The monoisotopic (exact) mass is 447 g/mol. The number of imide groups is 1. The predicted molar refractivity (Wildman–Crippen MR) is 119 cm³/mol. The van der Waals surface area contributed by atoms with Crippen LogP contribution in [0.1, 0.15) is 59.6 Å². The molecular weight excluding hydrogens is 422 g/mol. The third-order valence-electron chi connectivity index (χ3n) is 6.25. The maximum Gasteiger partial charge on any atom is 0.415 e. The third kappa shape index (κ3) is 4.80. The van der Waals surface area contributed by atoms with E-state index in [1.807, 2.05) is 30.3 Å². The van der Waals surface area contributed by atoms with Crippen molar-refractivity contribution >= 4 is 18.0 Å². The molecular formula is C24H25N5O4. The van der Waals surface area contributed by atoms with Crippen LogP contribution < -0.4 is 10.6 Å². The fourth-order valence-electron chi connectivity index (χ4n) is 4.44. The van der Waals surface area contributed by atoms with Crippen molar-refractivity contribution in [3.8, 4) is 17.2 Å². The molecule has 2 aliphatic rings. The Kier molecular flexibility index (Phi) is 6.54. The molecule has 4 amide bonds. The Morgan fingerprint density at radius 1 is 1.21 bits per heavy atom. The fraction of sp³-hybridized carbons (Fsp3) is 0.375. The summed E-state index contributed by atoms with van der Waals surface area (Å²) in [6, 6.07) is 10.4. The lowest BCUT2D eigenvalue weighted by Gasteiger charge is -2.30. The number of hydrogen-bond donors (Lipinski definition) is 3. The molecule has 4 rings (SSSR count). The first-order valence-corrected chi connectivity index (χ1v) is 11.0. The van der Waals surface area contributed by atoms with Gasteiger partial charge in [-0.1, -0.05) is 43.5 Å². The van der Waals surface area contributed by atoms with Crippen molar-refractivity contribution in [1.82, 2.24) is 20.5 Å². The van der Waals surface area contributed by atoms with Crippen LogP contribution in [0.4, 0.5) is 9.59 Å². The Labute approximate surface area is 191 Å². The quantitative estimate of drug-likeness (QED) is 0.641. The number of rotatable bonds is 5. The molecule has 3 N–H and O–H groups in total. The summed E-state index contributed by atoms with van der Waals surface area (Å²) in [6.07, 6.45) is 4.58. The van der Waals surface area contributed by atoms with Gasteiger partial charge in [0.2, 0.25) is 0 Å². The number of aromatic nitrogens is 1. The van der Waals surface area contributed by atoms with Gasteiger partial charge in [-0.25, -0.2) is 14.5 Å². The highest BCUT2D eigenvalue weighted by atomic mass is 16.4. The molecule has 2 heterocycles. The van der Waals surface area contributed by atoms with Crippen molar-refractivity contribution < 1.29 is 19.5 Å². The van der Waals surface area contributed by atoms with Crippen LogP contribution in [-0.2, 0) is 6.54 Å². The van der Waals surface area contributed by atoms with Gasteiger partial charge < -0.3 is 15.7 Å². The van der Waals surface area contributed by atoms with E-state index < -0.39 is 18.0 Å². The summed E-state index contributed by atoms with van der Waals surface area (Å²) in [5.41, 5.74) is 3.76. The molecule has 1 unspecified atom stereocenters. The number of pyridine rings is 1. The summed E-state index contributed by atoms with van der Waals surface area (Å²) in [5, 5.41) is 24.5. The Morgan fingerprint density at radius 3 is 2.61 bits per heavy atom. The molecule has 0 bridgehead atoms. The molecule has 1 aromatic carbocycles. The van der Waals surface area contributed by atoms with Crippen LogP contribution in [0.5, 0.6) is 0 Å². The lowest BCUT2D eigenvalue weighted by molar-refractivity contribution is 0.0961. The van der Waals surface area contributed by atoms with Gasteiger partial charge >= 0.3 is 12.1 Å². The third-order valence-corrected chi connectivity index (χ3v) is 6.25. The number of carbonyl (C=O) groups is 3. The number of carboxylic acid groups (broad SMARTS) is 1. The van der Waals surface area contributed by atoms with Crippen LogP contribution in [0.15, 0.2) is 36.5 Å². The van der Waals surface area contributed by atoms with Crippen LogP contribution in [0.3, 0.4) is 0 Å². The summed E-state index contributed by atoms with van der Waals surface area (Å²) in [4.78, 5) is 41.0. The van der Waals surface area contributed by atoms with Crippen molar-refractivity contribution in [3.63, 3.8) is 0 Å². The highest BCUT2D eigenvalue weighted by Crippen LogP contribution is 2.26. The van der Waals surface area contributed by atoms with Crippen LogP contribution >= 0.6 is 0 Å². The summed E-state index contributed by atoms with van der Waals surface area (Å²) < 4.78 is 0. The van der Waals surface area contributed by atoms with Gasteiger partial charge in [-0.2, -0.15) is 5.26 Å². The van der Waals surface area contributed by atoms with Gasteiger partial charge in [0.25, 0.3) is 5.91 Å². The molecule has 1 aromatic heterocycles. The number of nitrogens with one attached hydrogen (secondary N) is 2. The van der Waals surface area contributed by atoms with Crippen LogP contribution in [-0.4, -0.2) is 45.6 Å². The maximum absolute atomic E-state index is 12.6. The minimum atomic E-state index is -1.27. The van der Waals surface area contributed by atoms with E-state index in [2.05, 4.69) is 21.7 Å². The Balaban J connectivity index is 1.41. The van der Waals surface area contributed by atoms with E-state index in [-0.39, 0.29) is 18.5 Å². The highest BCUT2D eigenvalue weighted by molar-refractivity contribution is 5.96. The summed E-state index contributed by atoms with van der Waals surface area (Å²) in [6.45, 7) is 0.469. The number of benzene rings is 1. The molecule has 9 heteroatoms. The lowest BCUT2D eigenvalue weighted by atomic mass is 9.94. The zero-order valence-electron chi connectivity index (χ0n) is 18.1. The Hall–Kier alpha value is -3.93. The Bertz CT molecular complexity index is 1100. The Morgan fingerprint density at radius 2 is 1.94 bits per heavy atom. The smallest absolute Gasteiger partial charge is 0.415 e. The van der Waals surface area contributed by atoms with Gasteiger partial charge in [0.15, 0.2) is 0 Å². The maximum atomic E-state index is 12.6. The highest BCUT2D eigenvalue weighted by Gasteiger charge is 2.31. The summed E-state index contributed by atoms with van der Waals surface area (Å²) >= 11 is 0. The van der Waals surface area contributed by atoms with Gasteiger partial charge in [-0.15, -0.1) is 0 Å². The molecule has 0 spiro atoms. The lowest BCUT2D eigenvalue weighted by Crippen LogP contribution is -2.50. The molecule has 1 atom stereocenters. The number of urea groups is 1. The number of carbonyl (C=O) groups excluding carboxylic acids is 2. The second-order valence-corrected chi connectivity index (χ2v) is 8.35. The fourth-order valence-corrected chi connectivity index (χ4v) is 4.44. The minimum Gasteiger partial charge on any atom is -0.465 e. The van der Waals surface area contributed by atoms with E-state index in [4.69, 9.17) is 0 Å². The predicted octanol–water partition coefficient (Wildman–Crippen LogP) is 3.62. The first-order chi connectivity index (χ1) is 16.0. The molecule has 33 heavy (non-hydrogen) atoms. The van der Waals surface area contributed by atoms with Crippen molar-refractivity contribution in [1.29, 1.82) is 5.26 Å². The van der Waals surface area contributed by atoms with Crippen molar-refractivity contribution in [3.05, 3.63) is 53.3 Å². The molecule has 1 aliphatic heterocycles. The zero-order chi connectivity index (χ0) is 23.4. The first-order valence-electron chi connectivity index (χ1n) is 11.0. The number of fused-ring (bicyclic) bond motifs is 1. The van der Waals surface area contributed by atoms with E-state index >= 15 is 0 Å². The van der Waals surface area contributed by atoms with Crippen LogP contribution in [0.2, 0.25) is 0 Å². The molecule has 170 valence electrons. The molecule has 1 fully saturated rings. The summed E-state index contributed by atoms with van der Waals surface area (Å²) in [5.74, 6) is -0.791. The van der Waals surface area contributed by atoms with E-state index in [9.17, 15) is 24.8 Å². The standard InChI is InChI=1S/C24H25N5O4/c25-11-19(14-28-23(31)29(24(32)33)20-4-2-1-3-5-20)16-8-6-15(7-9-16)17-10-18-13-27-22(30)21(18)26-12-17/h6-10,12,19-20H,1-5,13-14H2,(H,27,30)(H,28,31)(H,32,33). The number of nitriles is 1. The SMILES string of the molecule is N#CC(CNC(=O)N(C(=O)O)C1CCCCC1)c1ccc(-c2cnc3c(c2)CNC3=O)cc1. The molecule has 9 nitrogen and oxygen atoms in total.